The summed E-state index contributed by atoms with van der Waals surface area (Å²) in [6.07, 6.45) is 3.13. The number of carbonyl (C=O) groups excluding carboxylic acids is 1. The van der Waals surface area contributed by atoms with Crippen LogP contribution in [0.15, 0.2) is 54.9 Å². The molecule has 0 aliphatic rings. The molecule has 1 aromatic heterocycles. The standard InChI is InChI=1S/C21H20ClN3O3/c1-13-6-4-5-7-17(13)25-21(26)14-8-15(12-23-11-14)24-18-10-19(27-2)16(22)9-20(18)28-3/h4-12,24H,1-3H3,(H,25,26). The minimum absolute atomic E-state index is 0.244. The number of carbonyl (C=O) groups is 1. The van der Waals surface area contributed by atoms with Crippen molar-refractivity contribution in [2.45, 2.75) is 6.92 Å². The van der Waals surface area contributed by atoms with Crippen LogP contribution in [-0.4, -0.2) is 25.1 Å². The Balaban J connectivity index is 1.84. The summed E-state index contributed by atoms with van der Waals surface area (Å²) < 4.78 is 10.6. The normalized spacial score (nSPS) is 10.3. The number of hydrogen-bond acceptors (Lipinski definition) is 5. The van der Waals surface area contributed by atoms with Crippen molar-refractivity contribution in [2.75, 3.05) is 24.9 Å². The van der Waals surface area contributed by atoms with Crippen molar-refractivity contribution in [2.24, 2.45) is 0 Å². The number of aryl methyl sites for hydroxylation is 1. The summed E-state index contributed by atoms with van der Waals surface area (Å²) in [6, 6.07) is 12.7. The topological polar surface area (TPSA) is 72.5 Å². The van der Waals surface area contributed by atoms with Crippen LogP contribution in [0.1, 0.15) is 15.9 Å². The first-order chi connectivity index (χ1) is 13.5. The van der Waals surface area contributed by atoms with Gasteiger partial charge in [0.15, 0.2) is 0 Å². The highest BCUT2D eigenvalue weighted by molar-refractivity contribution is 6.32. The fourth-order valence-corrected chi connectivity index (χ4v) is 2.88. The van der Waals surface area contributed by atoms with Crippen LogP contribution >= 0.6 is 11.6 Å². The first-order valence-electron chi connectivity index (χ1n) is 8.52. The van der Waals surface area contributed by atoms with Crippen LogP contribution in [0.4, 0.5) is 17.1 Å². The lowest BCUT2D eigenvalue weighted by Gasteiger charge is -2.14. The van der Waals surface area contributed by atoms with Crippen LogP contribution in [0.25, 0.3) is 0 Å². The number of nitrogens with one attached hydrogen (secondary N) is 2. The van der Waals surface area contributed by atoms with E-state index in [1.54, 1.807) is 31.5 Å². The van der Waals surface area contributed by atoms with Gasteiger partial charge in [0, 0.05) is 24.0 Å². The Labute approximate surface area is 168 Å². The molecule has 7 heteroatoms. The second kappa shape index (κ2) is 8.63. The molecule has 3 aromatic rings. The SMILES string of the molecule is COc1cc(Nc2cncc(C(=O)Nc3ccccc3C)c2)c(OC)cc1Cl. The highest BCUT2D eigenvalue weighted by Crippen LogP contribution is 2.37. The maximum atomic E-state index is 12.6. The van der Waals surface area contributed by atoms with Crippen molar-refractivity contribution in [3.05, 3.63) is 71.0 Å². The summed E-state index contributed by atoms with van der Waals surface area (Å²) in [5.74, 6) is 0.804. The van der Waals surface area contributed by atoms with Crippen LogP contribution in [0, 0.1) is 6.92 Å². The third-order valence-corrected chi connectivity index (χ3v) is 4.44. The van der Waals surface area contributed by atoms with E-state index in [-0.39, 0.29) is 5.91 Å². The van der Waals surface area contributed by atoms with E-state index in [0.29, 0.717) is 33.5 Å². The molecule has 6 nitrogen and oxygen atoms in total. The summed E-state index contributed by atoms with van der Waals surface area (Å²) in [4.78, 5) is 16.8. The van der Waals surface area contributed by atoms with Gasteiger partial charge in [-0.15, -0.1) is 0 Å². The van der Waals surface area contributed by atoms with E-state index in [9.17, 15) is 4.79 Å². The molecule has 0 radical (unpaired) electrons. The van der Waals surface area contributed by atoms with Crippen LogP contribution in [0.5, 0.6) is 11.5 Å². The molecule has 0 aliphatic heterocycles. The van der Waals surface area contributed by atoms with Gasteiger partial charge >= 0.3 is 0 Å². The Kier molecular flexibility index (Phi) is 6.01. The van der Waals surface area contributed by atoms with E-state index in [2.05, 4.69) is 15.6 Å². The van der Waals surface area contributed by atoms with Crippen molar-refractivity contribution < 1.29 is 14.3 Å². The zero-order chi connectivity index (χ0) is 20.1. The van der Waals surface area contributed by atoms with Crippen LogP contribution in [0.2, 0.25) is 5.02 Å². The first-order valence-corrected chi connectivity index (χ1v) is 8.90. The molecule has 0 aliphatic carbocycles. The lowest BCUT2D eigenvalue weighted by molar-refractivity contribution is 0.102. The number of benzene rings is 2. The number of amides is 1. The first kappa shape index (κ1) is 19.5. The van der Waals surface area contributed by atoms with E-state index >= 15 is 0 Å². The monoisotopic (exact) mass is 397 g/mol. The van der Waals surface area contributed by atoms with Gasteiger partial charge in [0.2, 0.25) is 0 Å². The van der Waals surface area contributed by atoms with Gasteiger partial charge in [-0.2, -0.15) is 0 Å². The van der Waals surface area contributed by atoms with Gasteiger partial charge in [-0.05, 0) is 24.6 Å². The van der Waals surface area contributed by atoms with Crippen LogP contribution in [-0.2, 0) is 0 Å². The molecule has 1 heterocycles. The van der Waals surface area contributed by atoms with Gasteiger partial charge in [-0.3, -0.25) is 9.78 Å². The molecule has 3 rings (SSSR count). The Morgan fingerprint density at radius 2 is 1.75 bits per heavy atom. The minimum Gasteiger partial charge on any atom is -0.495 e. The summed E-state index contributed by atoms with van der Waals surface area (Å²) >= 11 is 6.14. The van der Waals surface area contributed by atoms with Gasteiger partial charge in [0.1, 0.15) is 11.5 Å². The fraction of sp³-hybridized carbons (Fsp3) is 0.143. The molecular formula is C21H20ClN3O3. The Bertz CT molecular complexity index is 1010. The van der Waals surface area contributed by atoms with E-state index in [1.807, 2.05) is 31.2 Å². The molecule has 0 atom stereocenters. The predicted molar refractivity (Wildman–Crippen MR) is 111 cm³/mol. The lowest BCUT2D eigenvalue weighted by Crippen LogP contribution is -2.13. The zero-order valence-corrected chi connectivity index (χ0v) is 16.5. The molecular weight excluding hydrogens is 378 g/mol. The Hall–Kier alpha value is -3.25. The average Bonchev–Trinajstić information content (AvgIpc) is 2.70. The van der Waals surface area contributed by atoms with Gasteiger partial charge in [0.05, 0.1) is 42.4 Å². The summed E-state index contributed by atoms with van der Waals surface area (Å²) in [7, 11) is 3.09. The summed E-state index contributed by atoms with van der Waals surface area (Å²) in [6.45, 7) is 1.94. The molecule has 0 saturated heterocycles. The number of nitrogens with zero attached hydrogens (tertiary/aromatic N) is 1. The molecule has 0 saturated carbocycles. The fourth-order valence-electron chi connectivity index (χ4n) is 2.65. The largest absolute Gasteiger partial charge is 0.495 e. The zero-order valence-electron chi connectivity index (χ0n) is 15.7. The number of pyridine rings is 1. The third-order valence-electron chi connectivity index (χ3n) is 4.15. The van der Waals surface area contributed by atoms with E-state index in [1.165, 1.54) is 13.3 Å². The van der Waals surface area contributed by atoms with Gasteiger partial charge in [0.25, 0.3) is 5.91 Å². The van der Waals surface area contributed by atoms with Crippen molar-refractivity contribution >= 4 is 34.6 Å². The molecule has 2 aromatic carbocycles. The molecule has 1 amide bonds. The second-order valence-electron chi connectivity index (χ2n) is 6.04. The molecule has 0 spiro atoms. The molecule has 0 unspecified atom stereocenters. The summed E-state index contributed by atoms with van der Waals surface area (Å²) in [5, 5.41) is 6.53. The molecule has 2 N–H and O–H groups in total. The third kappa shape index (κ3) is 4.35. The predicted octanol–water partition coefficient (Wildman–Crippen LogP) is 5.06. The Morgan fingerprint density at radius 3 is 2.46 bits per heavy atom. The van der Waals surface area contributed by atoms with Crippen LogP contribution < -0.4 is 20.1 Å². The highest BCUT2D eigenvalue weighted by atomic mass is 35.5. The Morgan fingerprint density at radius 1 is 1.00 bits per heavy atom. The average molecular weight is 398 g/mol. The number of ether oxygens (including phenoxy) is 2. The van der Waals surface area contributed by atoms with Crippen molar-refractivity contribution in [3.63, 3.8) is 0 Å². The van der Waals surface area contributed by atoms with E-state index in [0.717, 1.165) is 11.3 Å². The quantitative estimate of drug-likeness (QED) is 0.608. The molecule has 28 heavy (non-hydrogen) atoms. The number of methoxy groups -OCH3 is 2. The van der Waals surface area contributed by atoms with E-state index in [4.69, 9.17) is 21.1 Å². The van der Waals surface area contributed by atoms with Gasteiger partial charge < -0.3 is 20.1 Å². The molecule has 144 valence electrons. The summed E-state index contributed by atoms with van der Waals surface area (Å²) in [5.41, 5.74) is 3.43. The minimum atomic E-state index is -0.244. The second-order valence-corrected chi connectivity index (χ2v) is 6.45. The molecule has 0 bridgehead atoms. The van der Waals surface area contributed by atoms with Crippen LogP contribution in [0.3, 0.4) is 0 Å². The number of anilines is 3. The number of para-hydroxylation sites is 1. The maximum Gasteiger partial charge on any atom is 0.257 e. The lowest BCUT2D eigenvalue weighted by atomic mass is 10.2. The van der Waals surface area contributed by atoms with Gasteiger partial charge in [-0.1, -0.05) is 29.8 Å². The highest BCUT2D eigenvalue weighted by Gasteiger charge is 2.12. The maximum absolute atomic E-state index is 12.6. The smallest absolute Gasteiger partial charge is 0.257 e. The van der Waals surface area contributed by atoms with Crippen molar-refractivity contribution in [3.8, 4) is 11.5 Å². The number of aromatic nitrogens is 1. The van der Waals surface area contributed by atoms with E-state index < -0.39 is 0 Å². The molecule has 0 fully saturated rings. The number of rotatable bonds is 6. The number of halogens is 1. The van der Waals surface area contributed by atoms with Gasteiger partial charge in [-0.25, -0.2) is 0 Å². The van der Waals surface area contributed by atoms with Crippen molar-refractivity contribution in [1.82, 2.24) is 4.98 Å². The van der Waals surface area contributed by atoms with Crippen molar-refractivity contribution in [1.29, 1.82) is 0 Å². The number of hydrogen-bond donors (Lipinski definition) is 2.